The lowest BCUT2D eigenvalue weighted by atomic mass is 10.1. The van der Waals surface area contributed by atoms with Crippen molar-refractivity contribution in [1.82, 2.24) is 4.90 Å². The predicted molar refractivity (Wildman–Crippen MR) is 89.4 cm³/mol. The Labute approximate surface area is 141 Å². The number of hydrogen-bond donors (Lipinski definition) is 0. The minimum absolute atomic E-state index is 0.143. The molecular weight excluding hydrogens is 360 g/mol. The van der Waals surface area contributed by atoms with Crippen molar-refractivity contribution >= 4 is 39.3 Å². The summed E-state index contributed by atoms with van der Waals surface area (Å²) in [5.41, 5.74) is 1.04. The number of benzene rings is 2. The second-order valence-electron chi connectivity index (χ2n) is 5.22. The molecule has 1 aliphatic rings. The van der Waals surface area contributed by atoms with Crippen LogP contribution in [0.4, 0.5) is 5.69 Å². The summed E-state index contributed by atoms with van der Waals surface area (Å²) in [5, 5.41) is 0. The fraction of sp³-hybridized carbons (Fsp3) is 0.118. The summed E-state index contributed by atoms with van der Waals surface area (Å²) in [6, 6.07) is 13.4. The molecule has 1 aliphatic heterocycles. The Hall–Kier alpha value is -2.47. The Morgan fingerprint density at radius 1 is 1.04 bits per heavy atom. The number of nitrogens with zero attached hydrogens (tertiary/aromatic N) is 2. The molecule has 3 amide bonds. The first-order valence-electron chi connectivity index (χ1n) is 6.96. The van der Waals surface area contributed by atoms with Gasteiger partial charge >= 0.3 is 0 Å². The van der Waals surface area contributed by atoms with Crippen molar-refractivity contribution in [3.05, 3.63) is 64.1 Å². The monoisotopic (exact) mass is 372 g/mol. The van der Waals surface area contributed by atoms with E-state index < -0.39 is 11.8 Å². The number of carbonyl (C=O) groups is 3. The van der Waals surface area contributed by atoms with Gasteiger partial charge in [0.2, 0.25) is 0 Å². The van der Waals surface area contributed by atoms with E-state index in [9.17, 15) is 14.4 Å². The lowest BCUT2D eigenvalue weighted by molar-refractivity contribution is -0.118. The highest BCUT2D eigenvalue weighted by molar-refractivity contribution is 9.10. The third kappa shape index (κ3) is 2.77. The first-order chi connectivity index (χ1) is 11.0. The van der Waals surface area contributed by atoms with Gasteiger partial charge in [-0.15, -0.1) is 0 Å². The van der Waals surface area contributed by atoms with E-state index in [2.05, 4.69) is 15.9 Å². The van der Waals surface area contributed by atoms with E-state index >= 15 is 0 Å². The van der Waals surface area contributed by atoms with Gasteiger partial charge in [0, 0.05) is 17.1 Å². The van der Waals surface area contributed by atoms with Crippen LogP contribution >= 0.6 is 15.9 Å². The number of fused-ring (bicyclic) bond motifs is 1. The van der Waals surface area contributed by atoms with E-state index in [0.717, 1.165) is 9.37 Å². The molecule has 1 heterocycles. The van der Waals surface area contributed by atoms with Crippen molar-refractivity contribution in [2.24, 2.45) is 0 Å². The minimum Gasteiger partial charge on any atom is -0.332 e. The minimum atomic E-state index is -0.446. The van der Waals surface area contributed by atoms with Crippen LogP contribution in [0.3, 0.4) is 0 Å². The molecular formula is C17H13BrN2O3. The van der Waals surface area contributed by atoms with E-state index in [-0.39, 0.29) is 12.5 Å². The first kappa shape index (κ1) is 15.4. The average Bonchev–Trinajstić information content (AvgIpc) is 2.63. The smallest absolute Gasteiger partial charge is 0.265 e. The van der Waals surface area contributed by atoms with Crippen LogP contribution in [0.2, 0.25) is 0 Å². The topological polar surface area (TPSA) is 57.7 Å². The Bertz CT molecular complexity index is 802. The maximum absolute atomic E-state index is 12.8. The Morgan fingerprint density at radius 2 is 1.70 bits per heavy atom. The van der Waals surface area contributed by atoms with Crippen molar-refractivity contribution in [1.29, 1.82) is 0 Å². The zero-order valence-corrected chi connectivity index (χ0v) is 13.9. The van der Waals surface area contributed by atoms with E-state index in [1.54, 1.807) is 55.6 Å². The van der Waals surface area contributed by atoms with Crippen molar-refractivity contribution < 1.29 is 14.4 Å². The van der Waals surface area contributed by atoms with Crippen molar-refractivity contribution in [2.45, 2.75) is 0 Å². The highest BCUT2D eigenvalue weighted by Crippen LogP contribution is 2.27. The largest absolute Gasteiger partial charge is 0.332 e. The molecule has 2 aromatic carbocycles. The number of amides is 3. The quantitative estimate of drug-likeness (QED) is 0.723. The highest BCUT2D eigenvalue weighted by Gasteiger charge is 2.33. The number of halogens is 1. The van der Waals surface area contributed by atoms with Gasteiger partial charge in [-0.3, -0.25) is 14.4 Å². The van der Waals surface area contributed by atoms with E-state index in [0.29, 0.717) is 16.8 Å². The normalized spacial score (nSPS) is 14.5. The number of hydrogen-bond acceptors (Lipinski definition) is 3. The molecule has 0 aromatic heterocycles. The molecule has 23 heavy (non-hydrogen) atoms. The van der Waals surface area contributed by atoms with Gasteiger partial charge in [0.1, 0.15) is 6.54 Å². The van der Waals surface area contributed by atoms with Crippen molar-refractivity contribution in [3.63, 3.8) is 0 Å². The van der Waals surface area contributed by atoms with Crippen LogP contribution in [0.1, 0.15) is 20.7 Å². The Kier molecular flexibility index (Phi) is 4.00. The summed E-state index contributed by atoms with van der Waals surface area (Å²) in [4.78, 5) is 40.1. The van der Waals surface area contributed by atoms with Crippen molar-refractivity contribution in [3.8, 4) is 0 Å². The fourth-order valence-corrected chi connectivity index (χ4v) is 2.74. The maximum Gasteiger partial charge on any atom is 0.265 e. The summed E-state index contributed by atoms with van der Waals surface area (Å²) in [5.74, 6) is -1.16. The molecule has 0 saturated heterocycles. The molecule has 0 radical (unpaired) electrons. The van der Waals surface area contributed by atoms with Gasteiger partial charge in [-0.05, 0) is 36.4 Å². The maximum atomic E-state index is 12.8. The highest BCUT2D eigenvalue weighted by atomic mass is 79.9. The summed E-state index contributed by atoms with van der Waals surface area (Å²) >= 11 is 3.31. The molecule has 0 fully saturated rings. The predicted octanol–water partition coefficient (Wildman–Crippen LogP) is 2.71. The molecule has 0 spiro atoms. The summed E-state index contributed by atoms with van der Waals surface area (Å²) in [7, 11) is 1.55. The molecule has 3 rings (SSSR count). The Balaban J connectivity index is 2.11. The molecule has 116 valence electrons. The van der Waals surface area contributed by atoms with E-state index in [4.69, 9.17) is 0 Å². The van der Waals surface area contributed by atoms with Crippen LogP contribution in [0.15, 0.2) is 53.0 Å². The number of carbonyl (C=O) groups excluding carboxylic acids is 3. The lowest BCUT2D eigenvalue weighted by Crippen LogP contribution is -2.41. The standard InChI is InChI=1S/C17H13BrN2O3/c1-19-10-15(21)20(14-5-3-2-4-13(14)17(19)23)16(22)11-6-8-12(18)9-7-11/h2-9H,10H2,1H3. The summed E-state index contributed by atoms with van der Waals surface area (Å²) < 4.78 is 0.839. The number of likely N-dealkylation sites (N-methyl/N-ethyl adjacent to an activating group) is 1. The molecule has 0 unspecified atom stereocenters. The first-order valence-corrected chi connectivity index (χ1v) is 7.75. The number of imide groups is 1. The van der Waals surface area contributed by atoms with Crippen LogP contribution in [0.5, 0.6) is 0 Å². The number of anilines is 1. The number of rotatable bonds is 1. The van der Waals surface area contributed by atoms with Gasteiger partial charge in [-0.2, -0.15) is 0 Å². The lowest BCUT2D eigenvalue weighted by Gasteiger charge is -2.20. The van der Waals surface area contributed by atoms with Crippen LogP contribution in [0, 0.1) is 0 Å². The third-order valence-corrected chi connectivity index (χ3v) is 4.17. The molecule has 5 nitrogen and oxygen atoms in total. The van der Waals surface area contributed by atoms with E-state index in [1.165, 1.54) is 4.90 Å². The van der Waals surface area contributed by atoms with E-state index in [1.807, 2.05) is 0 Å². The van der Waals surface area contributed by atoms with Crippen LogP contribution in [-0.2, 0) is 4.79 Å². The number of para-hydroxylation sites is 1. The second-order valence-corrected chi connectivity index (χ2v) is 6.14. The molecule has 2 aromatic rings. The van der Waals surface area contributed by atoms with Gasteiger partial charge in [0.25, 0.3) is 17.7 Å². The van der Waals surface area contributed by atoms with Crippen LogP contribution in [-0.4, -0.2) is 36.2 Å². The molecule has 0 bridgehead atoms. The zero-order chi connectivity index (χ0) is 16.6. The molecule has 0 N–H and O–H groups in total. The average molecular weight is 373 g/mol. The van der Waals surface area contributed by atoms with Crippen molar-refractivity contribution in [2.75, 3.05) is 18.5 Å². The zero-order valence-electron chi connectivity index (χ0n) is 12.3. The molecule has 0 atom stereocenters. The summed E-state index contributed by atoms with van der Waals surface area (Å²) in [6.07, 6.45) is 0. The molecule has 0 aliphatic carbocycles. The van der Waals surface area contributed by atoms with Gasteiger partial charge < -0.3 is 4.90 Å². The molecule has 6 heteroatoms. The summed E-state index contributed by atoms with van der Waals surface area (Å²) in [6.45, 7) is -0.143. The van der Waals surface area contributed by atoms with Crippen LogP contribution in [0.25, 0.3) is 0 Å². The van der Waals surface area contributed by atoms with Gasteiger partial charge in [0.05, 0.1) is 11.3 Å². The second kappa shape index (κ2) is 5.96. The van der Waals surface area contributed by atoms with Gasteiger partial charge in [-0.1, -0.05) is 28.1 Å². The third-order valence-electron chi connectivity index (χ3n) is 3.64. The van der Waals surface area contributed by atoms with Crippen LogP contribution < -0.4 is 4.90 Å². The SMILES string of the molecule is CN1CC(=O)N(C(=O)c2ccc(Br)cc2)c2ccccc2C1=O. The fourth-order valence-electron chi connectivity index (χ4n) is 2.48. The Morgan fingerprint density at radius 3 is 2.39 bits per heavy atom. The van der Waals surface area contributed by atoms with Gasteiger partial charge in [0.15, 0.2) is 0 Å². The van der Waals surface area contributed by atoms with Gasteiger partial charge in [-0.25, -0.2) is 4.90 Å². The molecule has 0 saturated carbocycles.